The van der Waals surface area contributed by atoms with Crippen LogP contribution < -0.4 is 0 Å². The van der Waals surface area contributed by atoms with Crippen LogP contribution in [0.3, 0.4) is 0 Å². The van der Waals surface area contributed by atoms with E-state index in [0.717, 1.165) is 21.9 Å². The standard InChI is InChI=1S/C18H13ClF3N7S/c1-10-2-4-11(5-3-10)16-23-17(26-25-16)30-9-15-24-27-28-29(15)14-7-6-12(19)8-13(14)18(20,21)22/h2-8H,9H2,1H3,(H,23,25,26). The fourth-order valence-electron chi connectivity index (χ4n) is 2.68. The Balaban J connectivity index is 1.55. The molecule has 0 saturated carbocycles. The molecule has 0 aliphatic rings. The maximum absolute atomic E-state index is 13.4. The number of aryl methyl sites for hydroxylation is 1. The van der Waals surface area contributed by atoms with Crippen LogP contribution in [0, 0.1) is 6.92 Å². The first-order chi connectivity index (χ1) is 14.3. The van der Waals surface area contributed by atoms with Crippen molar-refractivity contribution in [2.45, 2.75) is 24.0 Å². The highest BCUT2D eigenvalue weighted by Gasteiger charge is 2.35. The number of H-pyrrole nitrogens is 1. The number of alkyl halides is 3. The molecule has 154 valence electrons. The zero-order valence-electron chi connectivity index (χ0n) is 15.4. The van der Waals surface area contributed by atoms with E-state index in [1.54, 1.807) is 0 Å². The van der Waals surface area contributed by atoms with Crippen LogP contribution in [0.4, 0.5) is 13.2 Å². The molecular formula is C18H13ClF3N7S. The molecule has 12 heteroatoms. The van der Waals surface area contributed by atoms with Crippen LogP contribution in [-0.2, 0) is 11.9 Å². The first kappa shape index (κ1) is 20.4. The molecule has 1 N–H and O–H groups in total. The molecule has 0 aliphatic heterocycles. The van der Waals surface area contributed by atoms with Crippen molar-refractivity contribution in [3.8, 4) is 17.1 Å². The molecular weight excluding hydrogens is 439 g/mol. The van der Waals surface area contributed by atoms with Gasteiger partial charge in [-0.1, -0.05) is 53.2 Å². The number of aromatic nitrogens is 7. The largest absolute Gasteiger partial charge is 0.418 e. The van der Waals surface area contributed by atoms with Crippen molar-refractivity contribution in [3.05, 3.63) is 64.4 Å². The lowest BCUT2D eigenvalue weighted by atomic mass is 10.1. The van der Waals surface area contributed by atoms with E-state index in [-0.39, 0.29) is 22.3 Å². The number of tetrazole rings is 1. The summed E-state index contributed by atoms with van der Waals surface area (Å²) in [5.41, 5.74) is 0.872. The second-order valence-corrected chi connectivity index (χ2v) is 7.67. The van der Waals surface area contributed by atoms with E-state index < -0.39 is 11.7 Å². The van der Waals surface area contributed by atoms with Gasteiger partial charge < -0.3 is 0 Å². The number of benzene rings is 2. The molecule has 0 atom stereocenters. The van der Waals surface area contributed by atoms with Crippen molar-refractivity contribution >= 4 is 23.4 Å². The zero-order chi connectivity index (χ0) is 21.3. The third-order valence-electron chi connectivity index (χ3n) is 4.15. The minimum atomic E-state index is -4.61. The van der Waals surface area contributed by atoms with E-state index in [1.165, 1.54) is 23.9 Å². The first-order valence-corrected chi connectivity index (χ1v) is 9.94. The van der Waals surface area contributed by atoms with Gasteiger partial charge in [0.2, 0.25) is 5.16 Å². The van der Waals surface area contributed by atoms with Gasteiger partial charge in [-0.15, -0.1) is 10.2 Å². The fourth-order valence-corrected chi connectivity index (χ4v) is 3.56. The van der Waals surface area contributed by atoms with Crippen molar-refractivity contribution in [2.24, 2.45) is 0 Å². The molecule has 0 spiro atoms. The van der Waals surface area contributed by atoms with Crippen molar-refractivity contribution in [2.75, 3.05) is 0 Å². The third-order valence-corrected chi connectivity index (χ3v) is 5.22. The van der Waals surface area contributed by atoms with E-state index in [1.807, 2.05) is 31.2 Å². The maximum atomic E-state index is 13.4. The lowest BCUT2D eigenvalue weighted by molar-refractivity contribution is -0.137. The molecule has 0 unspecified atom stereocenters. The number of thioether (sulfide) groups is 1. The topological polar surface area (TPSA) is 85.2 Å². The Bertz CT molecular complexity index is 1170. The molecule has 30 heavy (non-hydrogen) atoms. The molecule has 2 heterocycles. The molecule has 0 bridgehead atoms. The molecule has 0 radical (unpaired) electrons. The third kappa shape index (κ3) is 4.31. The lowest BCUT2D eigenvalue weighted by Crippen LogP contribution is -2.13. The number of hydrogen-bond acceptors (Lipinski definition) is 6. The van der Waals surface area contributed by atoms with Gasteiger partial charge in [0.15, 0.2) is 11.6 Å². The summed E-state index contributed by atoms with van der Waals surface area (Å²) >= 11 is 6.94. The summed E-state index contributed by atoms with van der Waals surface area (Å²) in [7, 11) is 0. The van der Waals surface area contributed by atoms with Crippen LogP contribution in [-0.4, -0.2) is 35.4 Å². The van der Waals surface area contributed by atoms with Gasteiger partial charge in [0, 0.05) is 10.6 Å². The second kappa shape index (κ2) is 8.07. The van der Waals surface area contributed by atoms with Crippen LogP contribution in [0.15, 0.2) is 47.6 Å². The summed E-state index contributed by atoms with van der Waals surface area (Å²) in [4.78, 5) is 4.40. The van der Waals surface area contributed by atoms with Gasteiger partial charge in [-0.25, -0.2) is 4.98 Å². The van der Waals surface area contributed by atoms with Gasteiger partial charge in [0.1, 0.15) is 0 Å². The summed E-state index contributed by atoms with van der Waals surface area (Å²) in [6.07, 6.45) is -4.61. The highest BCUT2D eigenvalue weighted by atomic mass is 35.5. The Morgan fingerprint density at radius 2 is 1.90 bits per heavy atom. The van der Waals surface area contributed by atoms with Gasteiger partial charge in [0.05, 0.1) is 17.0 Å². The number of rotatable bonds is 5. The van der Waals surface area contributed by atoms with Gasteiger partial charge >= 0.3 is 6.18 Å². The number of nitrogens with one attached hydrogen (secondary N) is 1. The van der Waals surface area contributed by atoms with Crippen LogP contribution >= 0.6 is 23.4 Å². The van der Waals surface area contributed by atoms with Crippen LogP contribution in [0.5, 0.6) is 0 Å². The minimum Gasteiger partial charge on any atom is -0.258 e. The molecule has 0 amide bonds. The van der Waals surface area contributed by atoms with E-state index in [9.17, 15) is 13.2 Å². The Morgan fingerprint density at radius 1 is 1.13 bits per heavy atom. The predicted octanol–water partition coefficient (Wildman–Crippen LogP) is 4.72. The van der Waals surface area contributed by atoms with Gasteiger partial charge in [-0.2, -0.15) is 17.9 Å². The number of hydrogen-bond donors (Lipinski definition) is 1. The molecule has 0 fully saturated rings. The Hall–Kier alpha value is -2.92. The van der Waals surface area contributed by atoms with Gasteiger partial charge in [0.25, 0.3) is 0 Å². The molecule has 2 aromatic heterocycles. The van der Waals surface area contributed by atoms with Crippen LogP contribution in [0.1, 0.15) is 17.0 Å². The molecule has 2 aromatic carbocycles. The lowest BCUT2D eigenvalue weighted by Gasteiger charge is -2.13. The number of nitrogens with zero attached hydrogens (tertiary/aromatic N) is 6. The average molecular weight is 452 g/mol. The maximum Gasteiger partial charge on any atom is 0.418 e. The normalized spacial score (nSPS) is 11.8. The summed E-state index contributed by atoms with van der Waals surface area (Å²) in [6.45, 7) is 1.99. The molecule has 7 nitrogen and oxygen atoms in total. The highest BCUT2D eigenvalue weighted by molar-refractivity contribution is 7.98. The summed E-state index contributed by atoms with van der Waals surface area (Å²) in [5, 5.41) is 18.5. The smallest absolute Gasteiger partial charge is 0.258 e. The second-order valence-electron chi connectivity index (χ2n) is 6.29. The monoisotopic (exact) mass is 451 g/mol. The van der Waals surface area contributed by atoms with Crippen molar-refractivity contribution in [1.29, 1.82) is 0 Å². The molecule has 4 aromatic rings. The summed E-state index contributed by atoms with van der Waals surface area (Å²) in [5.74, 6) is 0.974. The molecule has 0 aliphatic carbocycles. The van der Waals surface area contributed by atoms with E-state index in [0.29, 0.717) is 11.0 Å². The highest BCUT2D eigenvalue weighted by Crippen LogP contribution is 2.36. The molecule has 0 saturated heterocycles. The fraction of sp³-hybridized carbons (Fsp3) is 0.167. The van der Waals surface area contributed by atoms with Crippen molar-refractivity contribution in [3.63, 3.8) is 0 Å². The Kier molecular flexibility index (Phi) is 5.48. The predicted molar refractivity (Wildman–Crippen MR) is 105 cm³/mol. The SMILES string of the molecule is Cc1ccc(-c2nc(SCc3nnnn3-c3ccc(Cl)cc3C(F)(F)F)n[nH]2)cc1. The van der Waals surface area contributed by atoms with Gasteiger partial charge in [-0.3, -0.25) is 5.10 Å². The van der Waals surface area contributed by atoms with Crippen LogP contribution in [0.2, 0.25) is 5.02 Å². The van der Waals surface area contributed by atoms with Crippen molar-refractivity contribution < 1.29 is 13.2 Å². The molecule has 4 rings (SSSR count). The summed E-state index contributed by atoms with van der Waals surface area (Å²) < 4.78 is 41.3. The summed E-state index contributed by atoms with van der Waals surface area (Å²) in [6, 6.07) is 11.2. The quantitative estimate of drug-likeness (QED) is 0.442. The van der Waals surface area contributed by atoms with E-state index in [4.69, 9.17) is 11.6 Å². The van der Waals surface area contributed by atoms with E-state index >= 15 is 0 Å². The minimum absolute atomic E-state index is 0.0283. The van der Waals surface area contributed by atoms with E-state index in [2.05, 4.69) is 30.7 Å². The van der Waals surface area contributed by atoms with Crippen molar-refractivity contribution in [1.82, 2.24) is 35.4 Å². The van der Waals surface area contributed by atoms with Crippen LogP contribution in [0.25, 0.3) is 17.1 Å². The van der Waals surface area contributed by atoms with Gasteiger partial charge in [-0.05, 0) is 35.5 Å². The average Bonchev–Trinajstić information content (AvgIpc) is 3.35. The Morgan fingerprint density at radius 3 is 2.63 bits per heavy atom. The zero-order valence-corrected chi connectivity index (χ0v) is 16.9. The Labute approximate surface area is 177 Å². The first-order valence-electron chi connectivity index (χ1n) is 8.58. The number of aromatic amines is 1. The number of halogens is 4.